The van der Waals surface area contributed by atoms with Crippen molar-refractivity contribution in [2.45, 2.75) is 39.3 Å². The number of nitrogens with one attached hydrogen (secondary N) is 2. The molecule has 1 aliphatic heterocycles. The third-order valence-corrected chi connectivity index (χ3v) is 5.73. The molecule has 1 aromatic heterocycles. The van der Waals surface area contributed by atoms with Gasteiger partial charge in [-0.3, -0.25) is 9.79 Å². The third kappa shape index (κ3) is 4.64. The van der Waals surface area contributed by atoms with E-state index in [0.717, 1.165) is 43.1 Å². The summed E-state index contributed by atoms with van der Waals surface area (Å²) in [6, 6.07) is 12.5. The van der Waals surface area contributed by atoms with Gasteiger partial charge >= 0.3 is 0 Å². The molecule has 1 aromatic carbocycles. The van der Waals surface area contributed by atoms with E-state index in [-0.39, 0.29) is 5.91 Å². The van der Waals surface area contributed by atoms with Crippen molar-refractivity contribution in [1.29, 1.82) is 0 Å². The van der Waals surface area contributed by atoms with Crippen LogP contribution in [-0.2, 0) is 24.3 Å². The van der Waals surface area contributed by atoms with Gasteiger partial charge in [-0.25, -0.2) is 0 Å². The summed E-state index contributed by atoms with van der Waals surface area (Å²) in [5, 5.41) is 6.69. The standard InChI is InChI=1S/C20H26N4OS/c1-3-17-10-11-18(26-17)14-23-20(21-2)22-13-15-6-8-16(9-7-15)24-12-4-5-19(24)25/h6-11H,3-5,12-14H2,1-2H3,(H2,21,22,23). The summed E-state index contributed by atoms with van der Waals surface area (Å²) in [7, 11) is 1.78. The fourth-order valence-electron chi connectivity index (χ4n) is 3.00. The molecule has 26 heavy (non-hydrogen) atoms. The second-order valence-electron chi connectivity index (χ2n) is 6.32. The maximum atomic E-state index is 11.8. The molecular formula is C20H26N4OS. The van der Waals surface area contributed by atoms with E-state index in [9.17, 15) is 4.79 Å². The summed E-state index contributed by atoms with van der Waals surface area (Å²) in [6.07, 6.45) is 2.69. The number of hydrogen-bond donors (Lipinski definition) is 2. The zero-order valence-corrected chi connectivity index (χ0v) is 16.2. The molecule has 2 heterocycles. The lowest BCUT2D eigenvalue weighted by Crippen LogP contribution is -2.36. The molecule has 3 rings (SSSR count). The number of hydrogen-bond acceptors (Lipinski definition) is 3. The minimum absolute atomic E-state index is 0.222. The van der Waals surface area contributed by atoms with E-state index in [2.05, 4.69) is 46.8 Å². The summed E-state index contributed by atoms with van der Waals surface area (Å²) < 4.78 is 0. The van der Waals surface area contributed by atoms with Crippen LogP contribution in [0.4, 0.5) is 5.69 Å². The van der Waals surface area contributed by atoms with Gasteiger partial charge in [0.2, 0.25) is 5.91 Å². The van der Waals surface area contributed by atoms with Crippen molar-refractivity contribution in [2.75, 3.05) is 18.5 Å². The maximum Gasteiger partial charge on any atom is 0.227 e. The molecule has 5 nitrogen and oxygen atoms in total. The highest BCUT2D eigenvalue weighted by Crippen LogP contribution is 2.21. The van der Waals surface area contributed by atoms with Crippen LogP contribution in [0.1, 0.15) is 35.1 Å². The SMILES string of the molecule is CCc1ccc(CNC(=NC)NCc2ccc(N3CCCC3=O)cc2)s1. The molecule has 0 radical (unpaired) electrons. The van der Waals surface area contributed by atoms with Gasteiger partial charge < -0.3 is 15.5 Å². The number of aryl methyl sites for hydroxylation is 1. The molecule has 0 unspecified atom stereocenters. The number of carbonyl (C=O) groups is 1. The van der Waals surface area contributed by atoms with Gasteiger partial charge in [0.15, 0.2) is 5.96 Å². The largest absolute Gasteiger partial charge is 0.352 e. The Morgan fingerprint density at radius 1 is 1.12 bits per heavy atom. The Kier molecular flexibility index (Phi) is 6.28. The molecule has 2 aromatic rings. The minimum Gasteiger partial charge on any atom is -0.352 e. The van der Waals surface area contributed by atoms with Crippen molar-refractivity contribution in [3.8, 4) is 0 Å². The molecule has 138 valence electrons. The first-order valence-corrected chi connectivity index (χ1v) is 9.92. The van der Waals surface area contributed by atoms with E-state index in [0.29, 0.717) is 13.0 Å². The molecule has 0 atom stereocenters. The summed E-state index contributed by atoms with van der Waals surface area (Å²) in [5.41, 5.74) is 2.15. The molecule has 1 fully saturated rings. The summed E-state index contributed by atoms with van der Waals surface area (Å²) in [6.45, 7) is 4.47. The zero-order valence-electron chi connectivity index (χ0n) is 15.4. The van der Waals surface area contributed by atoms with Crippen molar-refractivity contribution in [1.82, 2.24) is 10.6 Å². The highest BCUT2D eigenvalue weighted by Gasteiger charge is 2.21. The predicted molar refractivity (Wildman–Crippen MR) is 109 cm³/mol. The highest BCUT2D eigenvalue weighted by atomic mass is 32.1. The first-order valence-electron chi connectivity index (χ1n) is 9.11. The zero-order chi connectivity index (χ0) is 18.4. The smallest absolute Gasteiger partial charge is 0.227 e. The second kappa shape index (κ2) is 8.85. The van der Waals surface area contributed by atoms with Crippen molar-refractivity contribution < 1.29 is 4.79 Å². The topological polar surface area (TPSA) is 56.7 Å². The number of anilines is 1. The lowest BCUT2D eigenvalue weighted by molar-refractivity contribution is -0.117. The summed E-state index contributed by atoms with van der Waals surface area (Å²) in [5.74, 6) is 1.01. The molecule has 0 saturated carbocycles. The van der Waals surface area contributed by atoms with Gasteiger partial charge in [-0.15, -0.1) is 11.3 Å². The van der Waals surface area contributed by atoms with Crippen molar-refractivity contribution in [3.63, 3.8) is 0 Å². The average molecular weight is 371 g/mol. The van der Waals surface area contributed by atoms with Crippen molar-refractivity contribution >= 4 is 28.9 Å². The van der Waals surface area contributed by atoms with Crippen LogP contribution >= 0.6 is 11.3 Å². The molecule has 0 bridgehead atoms. The van der Waals surface area contributed by atoms with Gasteiger partial charge in [0.05, 0.1) is 6.54 Å². The predicted octanol–water partition coefficient (Wildman–Crippen LogP) is 3.30. The minimum atomic E-state index is 0.222. The summed E-state index contributed by atoms with van der Waals surface area (Å²) >= 11 is 1.84. The first kappa shape index (κ1) is 18.5. The van der Waals surface area contributed by atoms with Crippen LogP contribution in [-0.4, -0.2) is 25.5 Å². The van der Waals surface area contributed by atoms with Gasteiger partial charge in [-0.05, 0) is 42.7 Å². The number of rotatable bonds is 6. The van der Waals surface area contributed by atoms with Gasteiger partial charge in [0.25, 0.3) is 0 Å². The fraction of sp³-hybridized carbons (Fsp3) is 0.400. The van der Waals surface area contributed by atoms with E-state index in [1.165, 1.54) is 9.75 Å². The van der Waals surface area contributed by atoms with Crippen LogP contribution < -0.4 is 15.5 Å². The Balaban J connectivity index is 1.49. The van der Waals surface area contributed by atoms with E-state index in [1.807, 2.05) is 28.4 Å². The Morgan fingerprint density at radius 2 is 1.85 bits per heavy atom. The van der Waals surface area contributed by atoms with E-state index in [1.54, 1.807) is 7.05 Å². The Morgan fingerprint density at radius 3 is 2.46 bits per heavy atom. The van der Waals surface area contributed by atoms with Gasteiger partial charge in [0, 0.05) is 42.0 Å². The molecule has 0 aliphatic carbocycles. The molecule has 0 spiro atoms. The van der Waals surface area contributed by atoms with Gasteiger partial charge in [-0.2, -0.15) is 0 Å². The lowest BCUT2D eigenvalue weighted by atomic mass is 10.2. The highest BCUT2D eigenvalue weighted by molar-refractivity contribution is 7.11. The monoisotopic (exact) mass is 370 g/mol. The number of nitrogens with zero attached hydrogens (tertiary/aromatic N) is 2. The lowest BCUT2D eigenvalue weighted by Gasteiger charge is -2.16. The number of benzene rings is 1. The van der Waals surface area contributed by atoms with Crippen LogP contribution in [0.2, 0.25) is 0 Å². The molecule has 2 N–H and O–H groups in total. The fourth-order valence-corrected chi connectivity index (χ4v) is 3.90. The maximum absolute atomic E-state index is 11.8. The second-order valence-corrected chi connectivity index (χ2v) is 7.57. The van der Waals surface area contributed by atoms with Gasteiger partial charge in [-0.1, -0.05) is 19.1 Å². The van der Waals surface area contributed by atoms with Gasteiger partial charge in [0.1, 0.15) is 0 Å². The number of carbonyl (C=O) groups excluding carboxylic acids is 1. The molecular weight excluding hydrogens is 344 g/mol. The number of thiophene rings is 1. The first-order chi connectivity index (χ1) is 12.7. The van der Waals surface area contributed by atoms with Crippen LogP contribution in [0.15, 0.2) is 41.4 Å². The molecule has 1 saturated heterocycles. The van der Waals surface area contributed by atoms with Crippen LogP contribution in [0.25, 0.3) is 0 Å². The average Bonchev–Trinajstić information content (AvgIpc) is 3.31. The third-order valence-electron chi connectivity index (χ3n) is 4.50. The Labute approximate surface area is 159 Å². The van der Waals surface area contributed by atoms with Crippen LogP contribution in [0.3, 0.4) is 0 Å². The molecule has 6 heteroatoms. The quantitative estimate of drug-likeness (QED) is 0.606. The normalized spacial score (nSPS) is 14.8. The number of amides is 1. The molecule has 1 aliphatic rings. The van der Waals surface area contributed by atoms with Crippen LogP contribution in [0.5, 0.6) is 0 Å². The van der Waals surface area contributed by atoms with E-state index >= 15 is 0 Å². The number of aliphatic imine (C=N–C) groups is 1. The molecule has 1 amide bonds. The van der Waals surface area contributed by atoms with Crippen molar-refractivity contribution in [2.24, 2.45) is 4.99 Å². The van der Waals surface area contributed by atoms with E-state index in [4.69, 9.17) is 0 Å². The van der Waals surface area contributed by atoms with Crippen LogP contribution in [0, 0.1) is 0 Å². The Bertz CT molecular complexity index is 766. The summed E-state index contributed by atoms with van der Waals surface area (Å²) in [4.78, 5) is 20.7. The number of guanidine groups is 1. The van der Waals surface area contributed by atoms with Crippen molar-refractivity contribution in [3.05, 3.63) is 51.7 Å². The Hall–Kier alpha value is -2.34. The van der Waals surface area contributed by atoms with E-state index < -0.39 is 0 Å².